The van der Waals surface area contributed by atoms with E-state index in [1.165, 1.54) is 4.31 Å². The van der Waals surface area contributed by atoms with E-state index in [9.17, 15) is 13.5 Å². The molecule has 1 aliphatic heterocycles. The van der Waals surface area contributed by atoms with Gasteiger partial charge >= 0.3 is 0 Å². The standard InChI is InChI=1S/C18H24N2O4S/c1-18(2,3)17-10-15(19-24-17)12-25(22,23)20-8-4-5-14-7-6-13(11-21)9-16(14)20/h6-7,9-10,21H,4-5,8,11-12H2,1-3H3. The molecule has 0 bridgehead atoms. The van der Waals surface area contributed by atoms with E-state index in [0.717, 1.165) is 18.4 Å². The van der Waals surface area contributed by atoms with Gasteiger partial charge in [0.15, 0.2) is 0 Å². The maximum atomic E-state index is 13.0. The molecule has 1 aromatic heterocycles. The molecule has 136 valence electrons. The molecule has 1 aliphatic rings. The van der Waals surface area contributed by atoms with Gasteiger partial charge in [-0.2, -0.15) is 0 Å². The number of aryl methyl sites for hydroxylation is 1. The SMILES string of the molecule is CC(C)(C)c1cc(CS(=O)(=O)N2CCCc3ccc(CO)cc32)no1. The fourth-order valence-electron chi connectivity index (χ4n) is 2.97. The lowest BCUT2D eigenvalue weighted by Crippen LogP contribution is -2.36. The number of aromatic nitrogens is 1. The molecule has 3 rings (SSSR count). The number of fused-ring (bicyclic) bond motifs is 1. The zero-order chi connectivity index (χ0) is 18.2. The number of hydrogen-bond donors (Lipinski definition) is 1. The van der Waals surface area contributed by atoms with Crippen LogP contribution in [0.2, 0.25) is 0 Å². The lowest BCUT2D eigenvalue weighted by atomic mass is 9.93. The minimum absolute atomic E-state index is 0.112. The van der Waals surface area contributed by atoms with Gasteiger partial charge in [-0.05, 0) is 30.0 Å². The lowest BCUT2D eigenvalue weighted by Gasteiger charge is -2.30. The van der Waals surface area contributed by atoms with Gasteiger partial charge in [-0.3, -0.25) is 4.31 Å². The summed E-state index contributed by atoms with van der Waals surface area (Å²) in [5, 5.41) is 13.3. The van der Waals surface area contributed by atoms with Gasteiger partial charge in [0.25, 0.3) is 0 Å². The highest BCUT2D eigenvalue weighted by atomic mass is 32.2. The first-order valence-electron chi connectivity index (χ1n) is 8.40. The van der Waals surface area contributed by atoms with Crippen molar-refractivity contribution in [1.29, 1.82) is 0 Å². The van der Waals surface area contributed by atoms with E-state index in [1.807, 2.05) is 32.9 Å². The summed E-state index contributed by atoms with van der Waals surface area (Å²) in [4.78, 5) is 0. The Morgan fingerprint density at radius 1 is 1.28 bits per heavy atom. The van der Waals surface area contributed by atoms with Gasteiger partial charge in [-0.25, -0.2) is 8.42 Å². The summed E-state index contributed by atoms with van der Waals surface area (Å²) in [6.45, 7) is 6.29. The van der Waals surface area contributed by atoms with Crippen LogP contribution in [-0.2, 0) is 34.2 Å². The summed E-state index contributed by atoms with van der Waals surface area (Å²) in [7, 11) is -3.58. The average molecular weight is 364 g/mol. The molecule has 1 aromatic carbocycles. The Balaban J connectivity index is 1.90. The molecule has 0 saturated heterocycles. The Kier molecular flexibility index (Phi) is 4.64. The topological polar surface area (TPSA) is 83.6 Å². The van der Waals surface area contributed by atoms with Gasteiger partial charge in [0.2, 0.25) is 10.0 Å². The van der Waals surface area contributed by atoms with Crippen molar-refractivity contribution >= 4 is 15.7 Å². The maximum absolute atomic E-state index is 13.0. The quantitative estimate of drug-likeness (QED) is 0.902. The molecule has 0 aliphatic carbocycles. The first-order valence-corrected chi connectivity index (χ1v) is 10.0. The van der Waals surface area contributed by atoms with Crippen LogP contribution in [-0.4, -0.2) is 25.2 Å². The van der Waals surface area contributed by atoms with Crippen molar-refractivity contribution in [1.82, 2.24) is 5.16 Å². The van der Waals surface area contributed by atoms with Crippen LogP contribution >= 0.6 is 0 Å². The molecule has 0 radical (unpaired) electrons. The van der Waals surface area contributed by atoms with E-state index in [4.69, 9.17) is 4.52 Å². The Labute approximate surface area is 148 Å². The molecule has 0 saturated carbocycles. The number of benzene rings is 1. The number of aliphatic hydroxyl groups is 1. The second-order valence-electron chi connectivity index (χ2n) is 7.49. The van der Waals surface area contributed by atoms with Crippen molar-refractivity contribution < 1.29 is 18.0 Å². The highest BCUT2D eigenvalue weighted by Gasteiger charge is 2.30. The van der Waals surface area contributed by atoms with Gasteiger partial charge in [-0.15, -0.1) is 0 Å². The van der Waals surface area contributed by atoms with Gasteiger partial charge in [0.05, 0.1) is 12.3 Å². The molecule has 25 heavy (non-hydrogen) atoms. The molecule has 1 N–H and O–H groups in total. The molecular weight excluding hydrogens is 340 g/mol. The fourth-order valence-corrected chi connectivity index (χ4v) is 4.51. The monoisotopic (exact) mass is 364 g/mol. The molecule has 2 aromatic rings. The highest BCUT2D eigenvalue weighted by molar-refractivity contribution is 7.92. The summed E-state index contributed by atoms with van der Waals surface area (Å²) in [6, 6.07) is 7.21. The number of rotatable bonds is 4. The van der Waals surface area contributed by atoms with Gasteiger partial charge in [0, 0.05) is 18.0 Å². The molecule has 6 nitrogen and oxygen atoms in total. The van der Waals surface area contributed by atoms with E-state index in [2.05, 4.69) is 5.16 Å². The third-order valence-electron chi connectivity index (χ3n) is 4.37. The van der Waals surface area contributed by atoms with E-state index in [1.54, 1.807) is 12.1 Å². The van der Waals surface area contributed by atoms with Gasteiger partial charge in [0.1, 0.15) is 17.2 Å². The number of sulfonamides is 1. The largest absolute Gasteiger partial charge is 0.392 e. The van der Waals surface area contributed by atoms with Crippen LogP contribution in [0.3, 0.4) is 0 Å². The molecule has 0 atom stereocenters. The summed E-state index contributed by atoms with van der Waals surface area (Å²) in [5.41, 5.74) is 2.55. The zero-order valence-corrected chi connectivity index (χ0v) is 15.6. The van der Waals surface area contributed by atoms with Crippen LogP contribution in [0, 0.1) is 0 Å². The van der Waals surface area contributed by atoms with Crippen molar-refractivity contribution in [2.75, 3.05) is 10.8 Å². The van der Waals surface area contributed by atoms with E-state index < -0.39 is 10.0 Å². The molecule has 7 heteroatoms. The third kappa shape index (κ3) is 3.72. The third-order valence-corrected chi connectivity index (χ3v) is 6.08. The van der Waals surface area contributed by atoms with Crippen molar-refractivity contribution in [3.8, 4) is 0 Å². The summed E-state index contributed by atoms with van der Waals surface area (Å²) in [6.07, 6.45) is 1.61. The summed E-state index contributed by atoms with van der Waals surface area (Å²) >= 11 is 0. The van der Waals surface area contributed by atoms with E-state index in [-0.39, 0.29) is 17.8 Å². The zero-order valence-electron chi connectivity index (χ0n) is 14.8. The minimum atomic E-state index is -3.58. The maximum Gasteiger partial charge on any atom is 0.241 e. The molecular formula is C18H24N2O4S. The smallest absolute Gasteiger partial charge is 0.241 e. The number of anilines is 1. The van der Waals surface area contributed by atoms with Crippen LogP contribution in [0.5, 0.6) is 0 Å². The summed E-state index contributed by atoms with van der Waals surface area (Å²) < 4.78 is 32.7. The Morgan fingerprint density at radius 3 is 2.68 bits per heavy atom. The molecule has 0 fully saturated rings. The van der Waals surface area contributed by atoms with Gasteiger partial charge < -0.3 is 9.63 Å². The average Bonchev–Trinajstić information content (AvgIpc) is 3.01. The van der Waals surface area contributed by atoms with Crippen molar-refractivity contribution in [3.05, 3.63) is 46.8 Å². The van der Waals surface area contributed by atoms with Crippen LogP contribution in [0.25, 0.3) is 0 Å². The van der Waals surface area contributed by atoms with Crippen molar-refractivity contribution in [2.45, 2.75) is 51.4 Å². The number of hydrogen-bond acceptors (Lipinski definition) is 5. The predicted molar refractivity (Wildman–Crippen MR) is 95.9 cm³/mol. The molecule has 0 spiro atoms. The predicted octanol–water partition coefficient (Wildman–Crippen LogP) is 2.75. The molecule has 0 amide bonds. The van der Waals surface area contributed by atoms with Crippen LogP contribution in [0.15, 0.2) is 28.8 Å². The highest BCUT2D eigenvalue weighted by Crippen LogP contribution is 2.32. The van der Waals surface area contributed by atoms with Crippen molar-refractivity contribution in [2.24, 2.45) is 0 Å². The van der Waals surface area contributed by atoms with Crippen LogP contribution < -0.4 is 4.31 Å². The number of nitrogens with zero attached hydrogens (tertiary/aromatic N) is 2. The lowest BCUT2D eigenvalue weighted by molar-refractivity contribution is 0.282. The second-order valence-corrected chi connectivity index (χ2v) is 9.38. The van der Waals surface area contributed by atoms with Crippen LogP contribution in [0.1, 0.15) is 49.8 Å². The molecule has 0 unspecified atom stereocenters. The van der Waals surface area contributed by atoms with E-state index in [0.29, 0.717) is 29.2 Å². The van der Waals surface area contributed by atoms with Crippen LogP contribution in [0.4, 0.5) is 5.69 Å². The first kappa shape index (κ1) is 17.9. The first-order chi connectivity index (χ1) is 11.7. The Morgan fingerprint density at radius 2 is 2.04 bits per heavy atom. The summed E-state index contributed by atoms with van der Waals surface area (Å²) in [5.74, 6) is 0.467. The minimum Gasteiger partial charge on any atom is -0.392 e. The second kappa shape index (κ2) is 6.46. The Bertz CT molecular complexity index is 865. The Hall–Kier alpha value is -1.86. The van der Waals surface area contributed by atoms with Gasteiger partial charge in [-0.1, -0.05) is 38.1 Å². The molecule has 2 heterocycles. The van der Waals surface area contributed by atoms with Crippen molar-refractivity contribution in [3.63, 3.8) is 0 Å². The normalized spacial score (nSPS) is 15.3. The van der Waals surface area contributed by atoms with E-state index >= 15 is 0 Å². The number of aliphatic hydroxyl groups excluding tert-OH is 1. The fraction of sp³-hybridized carbons (Fsp3) is 0.500.